The largest absolute Gasteiger partial charge is 0.385 e. The predicted molar refractivity (Wildman–Crippen MR) is 79.6 cm³/mol. The molecule has 2 nitrogen and oxygen atoms in total. The fraction of sp³-hybridized carbons (Fsp3) is 0.0769. The van der Waals surface area contributed by atoms with Crippen molar-refractivity contribution in [1.82, 2.24) is 0 Å². The second kappa shape index (κ2) is 6.12. The number of hydrogen-bond donors (Lipinski definition) is 0. The van der Waals surface area contributed by atoms with Crippen LogP contribution in [-0.4, -0.2) is 0 Å². The van der Waals surface area contributed by atoms with Crippen LogP contribution in [0.4, 0.5) is 5.69 Å². The maximum absolute atomic E-state index is 5.44. The summed E-state index contributed by atoms with van der Waals surface area (Å²) in [4.78, 5) is 0. The van der Waals surface area contributed by atoms with Crippen LogP contribution in [0.1, 0.15) is 5.56 Å². The Hall–Kier alpha value is -0.940. The van der Waals surface area contributed by atoms with Crippen LogP contribution < -0.4 is 7.40 Å². The van der Waals surface area contributed by atoms with Gasteiger partial charge in [-0.15, -0.1) is 0 Å². The zero-order valence-corrected chi connectivity index (χ0v) is 11.9. The zero-order valence-electron chi connectivity index (χ0n) is 9.01. The van der Waals surface area contributed by atoms with Crippen molar-refractivity contribution in [2.24, 2.45) is 0 Å². The van der Waals surface area contributed by atoms with E-state index >= 15 is 0 Å². The summed E-state index contributed by atoms with van der Waals surface area (Å²) in [5.41, 5.74) is 2.21. The van der Waals surface area contributed by atoms with Gasteiger partial charge in [0.15, 0.2) is 5.75 Å². The van der Waals surface area contributed by atoms with E-state index in [2.05, 4.69) is 38.1 Å². The monoisotopic (exact) mass is 359 g/mol. The molecule has 0 aliphatic heterocycles. The Balaban J connectivity index is 2.16. The summed E-state index contributed by atoms with van der Waals surface area (Å²) in [6.07, 6.45) is 0. The van der Waals surface area contributed by atoms with Crippen LogP contribution in [0.25, 0.3) is 0 Å². The highest BCUT2D eigenvalue weighted by molar-refractivity contribution is 14.1. The molecule has 0 atom stereocenters. The molecule has 2 aromatic carbocycles. The van der Waals surface area contributed by atoms with Gasteiger partial charge < -0.3 is 7.40 Å². The maximum atomic E-state index is 5.44. The Bertz CT molecular complexity index is 478. The van der Waals surface area contributed by atoms with Crippen molar-refractivity contribution in [3.63, 3.8) is 0 Å². The molecule has 0 bridgehead atoms. The Morgan fingerprint density at radius 2 is 1.65 bits per heavy atom. The smallest absolute Gasteiger partial charge is 0.151 e. The maximum Gasteiger partial charge on any atom is 0.151 e. The SMILES string of the molecule is ClOc1ccccc1CN(I)c1ccccc1. The Morgan fingerprint density at radius 3 is 2.35 bits per heavy atom. The van der Waals surface area contributed by atoms with E-state index in [1.54, 1.807) is 0 Å². The van der Waals surface area contributed by atoms with Gasteiger partial charge in [0.1, 0.15) is 11.9 Å². The number of rotatable bonds is 4. The van der Waals surface area contributed by atoms with Crippen LogP contribution in [0.2, 0.25) is 0 Å². The van der Waals surface area contributed by atoms with Crippen LogP contribution in [0.3, 0.4) is 0 Å². The van der Waals surface area contributed by atoms with Gasteiger partial charge in [-0.05, 0) is 18.2 Å². The number of benzene rings is 2. The van der Waals surface area contributed by atoms with E-state index in [1.165, 1.54) is 0 Å². The second-order valence-electron chi connectivity index (χ2n) is 3.54. The first-order valence-electron chi connectivity index (χ1n) is 5.16. The first-order chi connectivity index (χ1) is 8.31. The first kappa shape index (κ1) is 12.5. The van der Waals surface area contributed by atoms with Crippen LogP contribution in [-0.2, 0) is 6.54 Å². The fourth-order valence-electron chi connectivity index (χ4n) is 1.54. The molecule has 17 heavy (non-hydrogen) atoms. The number of para-hydroxylation sites is 2. The van der Waals surface area contributed by atoms with Crippen LogP contribution in [0.5, 0.6) is 5.75 Å². The molecule has 0 spiro atoms. The van der Waals surface area contributed by atoms with Crippen LogP contribution >= 0.6 is 34.7 Å². The van der Waals surface area contributed by atoms with Crippen molar-refractivity contribution in [3.05, 3.63) is 60.2 Å². The summed E-state index contributed by atoms with van der Waals surface area (Å²) in [5, 5.41) is 0. The molecule has 4 heteroatoms. The molecule has 0 radical (unpaired) electrons. The summed E-state index contributed by atoms with van der Waals surface area (Å²) in [6.45, 7) is 0.744. The molecule has 0 aliphatic carbocycles. The van der Waals surface area contributed by atoms with Crippen molar-refractivity contribution in [3.8, 4) is 5.75 Å². The molecule has 2 rings (SSSR count). The topological polar surface area (TPSA) is 12.5 Å². The van der Waals surface area contributed by atoms with Gasteiger partial charge in [0.25, 0.3) is 0 Å². The highest BCUT2D eigenvalue weighted by atomic mass is 127. The molecule has 0 aromatic heterocycles. The number of hydrogen-bond acceptors (Lipinski definition) is 2. The molecule has 0 unspecified atom stereocenters. The molecule has 0 aliphatic rings. The minimum absolute atomic E-state index is 0.701. The average Bonchev–Trinajstić information content (AvgIpc) is 2.40. The summed E-state index contributed by atoms with van der Waals surface area (Å²) in [7, 11) is 0. The number of halogens is 2. The Kier molecular flexibility index (Phi) is 4.50. The van der Waals surface area contributed by atoms with Crippen LogP contribution in [0, 0.1) is 0 Å². The van der Waals surface area contributed by atoms with Gasteiger partial charge in [0.2, 0.25) is 0 Å². The normalized spacial score (nSPS) is 10.0. The van der Waals surface area contributed by atoms with Crippen molar-refractivity contribution >= 4 is 40.4 Å². The van der Waals surface area contributed by atoms with E-state index in [1.807, 2.05) is 42.5 Å². The van der Waals surface area contributed by atoms with E-state index in [9.17, 15) is 0 Å². The lowest BCUT2D eigenvalue weighted by Crippen LogP contribution is -2.09. The third kappa shape index (κ3) is 3.26. The summed E-state index contributed by atoms with van der Waals surface area (Å²) in [6, 6.07) is 17.9. The highest BCUT2D eigenvalue weighted by Crippen LogP contribution is 2.26. The van der Waals surface area contributed by atoms with E-state index in [-0.39, 0.29) is 0 Å². The third-order valence-corrected chi connectivity index (χ3v) is 3.47. The fourth-order valence-corrected chi connectivity index (χ4v) is 2.38. The van der Waals surface area contributed by atoms with Crippen molar-refractivity contribution in [1.29, 1.82) is 0 Å². The van der Waals surface area contributed by atoms with E-state index in [4.69, 9.17) is 16.2 Å². The van der Waals surface area contributed by atoms with Gasteiger partial charge in [0, 0.05) is 11.3 Å². The van der Waals surface area contributed by atoms with Gasteiger partial charge in [-0.3, -0.25) is 0 Å². The lowest BCUT2D eigenvalue weighted by Gasteiger charge is -2.17. The van der Waals surface area contributed by atoms with Gasteiger partial charge >= 0.3 is 0 Å². The molecule has 2 aromatic rings. The average molecular weight is 360 g/mol. The van der Waals surface area contributed by atoms with Gasteiger partial charge in [-0.25, -0.2) is 0 Å². The molecule has 0 fully saturated rings. The minimum Gasteiger partial charge on any atom is -0.385 e. The summed E-state index contributed by atoms with van der Waals surface area (Å²) >= 11 is 7.72. The van der Waals surface area contributed by atoms with Crippen molar-refractivity contribution < 1.29 is 4.29 Å². The molecular formula is C13H11ClINO. The molecule has 88 valence electrons. The molecule has 0 amide bonds. The predicted octanol–water partition coefficient (Wildman–Crippen LogP) is 4.58. The van der Waals surface area contributed by atoms with E-state index in [0.717, 1.165) is 17.8 Å². The molecule has 0 heterocycles. The van der Waals surface area contributed by atoms with E-state index in [0.29, 0.717) is 5.75 Å². The molecule has 0 N–H and O–H groups in total. The van der Waals surface area contributed by atoms with Crippen molar-refractivity contribution in [2.75, 3.05) is 3.11 Å². The van der Waals surface area contributed by atoms with Crippen molar-refractivity contribution in [2.45, 2.75) is 6.54 Å². The summed E-state index contributed by atoms with van der Waals surface area (Å²) in [5.74, 6) is 0.701. The Labute approximate surface area is 120 Å². The number of nitrogens with zero attached hydrogens (tertiary/aromatic N) is 1. The quantitative estimate of drug-likeness (QED) is 0.585. The highest BCUT2D eigenvalue weighted by Gasteiger charge is 2.07. The second-order valence-corrected chi connectivity index (χ2v) is 4.86. The minimum atomic E-state index is 0.701. The summed E-state index contributed by atoms with van der Waals surface area (Å²) < 4.78 is 6.94. The van der Waals surface area contributed by atoms with Crippen LogP contribution in [0.15, 0.2) is 54.6 Å². The standard InChI is InChI=1S/C13H11ClINO/c14-17-13-9-5-4-6-11(13)10-16(15)12-7-2-1-3-8-12/h1-9H,10H2. The molecule has 0 saturated heterocycles. The number of anilines is 1. The van der Waals surface area contributed by atoms with Gasteiger partial charge in [-0.1, -0.05) is 36.4 Å². The lowest BCUT2D eigenvalue weighted by atomic mass is 10.2. The lowest BCUT2D eigenvalue weighted by molar-refractivity contribution is 0.609. The Morgan fingerprint density at radius 1 is 1.00 bits per heavy atom. The third-order valence-electron chi connectivity index (χ3n) is 2.40. The van der Waals surface area contributed by atoms with E-state index < -0.39 is 0 Å². The first-order valence-corrected chi connectivity index (χ1v) is 6.43. The van der Waals surface area contributed by atoms with Gasteiger partial charge in [-0.2, -0.15) is 0 Å². The molecular weight excluding hydrogens is 349 g/mol. The van der Waals surface area contributed by atoms with Gasteiger partial charge in [0.05, 0.1) is 29.4 Å². The molecule has 0 saturated carbocycles. The zero-order chi connectivity index (χ0) is 12.1.